The van der Waals surface area contributed by atoms with Gasteiger partial charge in [0.05, 0.1) is 6.61 Å². The van der Waals surface area contributed by atoms with E-state index in [4.69, 9.17) is 10.5 Å². The fraction of sp³-hybridized carbons (Fsp3) is 0.500. The fourth-order valence-electron chi connectivity index (χ4n) is 1.98. The molecule has 76 valence electrons. The maximum atomic E-state index is 6.09. The molecule has 1 unspecified atom stereocenters. The average molecular weight is 191 g/mol. The highest BCUT2D eigenvalue weighted by atomic mass is 16.5. The summed E-state index contributed by atoms with van der Waals surface area (Å²) in [5.41, 5.74) is 8.55. The molecular formula is C12H17NO. The van der Waals surface area contributed by atoms with Gasteiger partial charge >= 0.3 is 0 Å². The molecule has 0 bridgehead atoms. The molecule has 0 aliphatic carbocycles. The van der Waals surface area contributed by atoms with Gasteiger partial charge in [0.2, 0.25) is 0 Å². The fourth-order valence-corrected chi connectivity index (χ4v) is 1.98. The van der Waals surface area contributed by atoms with E-state index in [0.29, 0.717) is 0 Å². The molecule has 1 atom stereocenters. The topological polar surface area (TPSA) is 35.2 Å². The number of ether oxygens (including phenoxy) is 1. The number of hydrogen-bond acceptors (Lipinski definition) is 2. The Morgan fingerprint density at radius 1 is 1.50 bits per heavy atom. The summed E-state index contributed by atoms with van der Waals surface area (Å²) >= 11 is 0. The van der Waals surface area contributed by atoms with Crippen molar-refractivity contribution < 1.29 is 4.74 Å². The van der Waals surface area contributed by atoms with Crippen LogP contribution in [0.2, 0.25) is 0 Å². The Balaban J connectivity index is 2.46. The molecule has 2 rings (SSSR count). The molecule has 0 saturated carbocycles. The molecular weight excluding hydrogens is 174 g/mol. The van der Waals surface area contributed by atoms with Gasteiger partial charge < -0.3 is 10.5 Å². The van der Waals surface area contributed by atoms with Crippen molar-refractivity contribution in [3.63, 3.8) is 0 Å². The molecule has 1 heterocycles. The van der Waals surface area contributed by atoms with Crippen LogP contribution in [0.4, 0.5) is 0 Å². The summed E-state index contributed by atoms with van der Waals surface area (Å²) in [6.45, 7) is 2.95. The number of benzene rings is 1. The Hall–Kier alpha value is -1.02. The lowest BCUT2D eigenvalue weighted by atomic mass is 9.99. The standard InChI is InChI=1S/C12H17NO/c1-2-9-5-3-6-10-11(13)7-4-8-14-12(9)10/h3,5-6,11H,2,4,7-8,13H2,1H3. The average Bonchev–Trinajstić information content (AvgIpc) is 2.41. The predicted octanol–water partition coefficient (Wildman–Crippen LogP) is 2.42. The number of rotatable bonds is 1. The Morgan fingerprint density at radius 3 is 3.14 bits per heavy atom. The summed E-state index contributed by atoms with van der Waals surface area (Å²) in [4.78, 5) is 0. The van der Waals surface area contributed by atoms with E-state index in [2.05, 4.69) is 25.1 Å². The molecule has 2 nitrogen and oxygen atoms in total. The van der Waals surface area contributed by atoms with Crippen molar-refractivity contribution in [3.05, 3.63) is 29.3 Å². The molecule has 1 aliphatic heterocycles. The lowest BCUT2D eigenvalue weighted by Gasteiger charge is -2.14. The minimum absolute atomic E-state index is 0.152. The third-order valence-corrected chi connectivity index (χ3v) is 2.81. The van der Waals surface area contributed by atoms with E-state index in [9.17, 15) is 0 Å². The first-order valence-corrected chi connectivity index (χ1v) is 5.33. The highest BCUT2D eigenvalue weighted by Crippen LogP contribution is 2.33. The van der Waals surface area contributed by atoms with E-state index in [1.54, 1.807) is 0 Å². The molecule has 0 aromatic heterocycles. The quantitative estimate of drug-likeness (QED) is 0.740. The van der Waals surface area contributed by atoms with Crippen LogP contribution >= 0.6 is 0 Å². The van der Waals surface area contributed by atoms with Crippen molar-refractivity contribution in [2.45, 2.75) is 32.2 Å². The summed E-state index contributed by atoms with van der Waals surface area (Å²) in [6, 6.07) is 6.44. The van der Waals surface area contributed by atoms with Crippen LogP contribution in [0.15, 0.2) is 18.2 Å². The van der Waals surface area contributed by atoms with Crippen molar-refractivity contribution in [2.75, 3.05) is 6.61 Å². The van der Waals surface area contributed by atoms with Gasteiger partial charge in [-0.2, -0.15) is 0 Å². The summed E-state index contributed by atoms with van der Waals surface area (Å²) in [7, 11) is 0. The lowest BCUT2D eigenvalue weighted by molar-refractivity contribution is 0.313. The largest absolute Gasteiger partial charge is 0.493 e. The molecule has 1 aromatic rings. The summed E-state index contributed by atoms with van der Waals surface area (Å²) < 4.78 is 5.76. The monoisotopic (exact) mass is 191 g/mol. The van der Waals surface area contributed by atoms with Crippen LogP contribution in [0.1, 0.15) is 36.9 Å². The first-order valence-electron chi connectivity index (χ1n) is 5.33. The molecule has 14 heavy (non-hydrogen) atoms. The minimum Gasteiger partial charge on any atom is -0.493 e. The Kier molecular flexibility index (Phi) is 2.73. The lowest BCUT2D eigenvalue weighted by Crippen LogP contribution is -2.09. The molecule has 0 radical (unpaired) electrons. The normalized spacial score (nSPS) is 20.9. The van der Waals surface area contributed by atoms with Gasteiger partial charge in [-0.1, -0.05) is 25.1 Å². The van der Waals surface area contributed by atoms with Crippen LogP contribution in [-0.2, 0) is 6.42 Å². The Labute approximate surface area is 85.1 Å². The van der Waals surface area contributed by atoms with E-state index < -0.39 is 0 Å². The van der Waals surface area contributed by atoms with Crippen molar-refractivity contribution in [1.82, 2.24) is 0 Å². The zero-order chi connectivity index (χ0) is 9.97. The summed E-state index contributed by atoms with van der Waals surface area (Å²) in [6.07, 6.45) is 3.09. The molecule has 2 N–H and O–H groups in total. The highest BCUT2D eigenvalue weighted by Gasteiger charge is 2.17. The van der Waals surface area contributed by atoms with Crippen LogP contribution in [0, 0.1) is 0 Å². The number of hydrogen-bond donors (Lipinski definition) is 1. The van der Waals surface area contributed by atoms with Gasteiger partial charge in [0.25, 0.3) is 0 Å². The van der Waals surface area contributed by atoms with E-state index in [1.807, 2.05) is 0 Å². The van der Waals surface area contributed by atoms with Crippen molar-refractivity contribution >= 4 is 0 Å². The molecule has 0 fully saturated rings. The van der Waals surface area contributed by atoms with Crippen LogP contribution in [0.5, 0.6) is 5.75 Å². The minimum atomic E-state index is 0.152. The zero-order valence-electron chi connectivity index (χ0n) is 8.62. The van der Waals surface area contributed by atoms with Crippen molar-refractivity contribution in [3.8, 4) is 5.75 Å². The number of fused-ring (bicyclic) bond motifs is 1. The zero-order valence-corrected chi connectivity index (χ0v) is 8.62. The maximum Gasteiger partial charge on any atom is 0.127 e. The Bertz CT molecular complexity index is 322. The van der Waals surface area contributed by atoms with Crippen molar-refractivity contribution in [2.24, 2.45) is 5.73 Å². The molecule has 0 spiro atoms. The molecule has 0 amide bonds. The van der Waals surface area contributed by atoms with Crippen LogP contribution in [-0.4, -0.2) is 6.61 Å². The first-order chi connectivity index (χ1) is 6.83. The third-order valence-electron chi connectivity index (χ3n) is 2.81. The predicted molar refractivity (Wildman–Crippen MR) is 57.5 cm³/mol. The molecule has 1 aromatic carbocycles. The second-order valence-electron chi connectivity index (χ2n) is 3.79. The van der Waals surface area contributed by atoms with E-state index in [-0.39, 0.29) is 6.04 Å². The third kappa shape index (κ3) is 1.62. The summed E-state index contributed by atoms with van der Waals surface area (Å²) in [5, 5.41) is 0. The maximum absolute atomic E-state index is 6.09. The molecule has 1 aliphatic rings. The van der Waals surface area contributed by atoms with E-state index in [1.165, 1.54) is 11.1 Å². The smallest absolute Gasteiger partial charge is 0.127 e. The van der Waals surface area contributed by atoms with Gasteiger partial charge in [-0.15, -0.1) is 0 Å². The second-order valence-corrected chi connectivity index (χ2v) is 3.79. The van der Waals surface area contributed by atoms with Crippen molar-refractivity contribution in [1.29, 1.82) is 0 Å². The number of aryl methyl sites for hydroxylation is 1. The van der Waals surface area contributed by atoms with Crippen LogP contribution < -0.4 is 10.5 Å². The SMILES string of the molecule is CCc1cccc2c1OCCCC2N. The van der Waals surface area contributed by atoms with Gasteiger partial charge in [0.1, 0.15) is 5.75 Å². The number of nitrogens with two attached hydrogens (primary N) is 1. The van der Waals surface area contributed by atoms with Crippen LogP contribution in [0.3, 0.4) is 0 Å². The van der Waals surface area contributed by atoms with Gasteiger partial charge in [0, 0.05) is 11.6 Å². The number of para-hydroxylation sites is 1. The van der Waals surface area contributed by atoms with Gasteiger partial charge in [-0.25, -0.2) is 0 Å². The van der Waals surface area contributed by atoms with E-state index >= 15 is 0 Å². The summed E-state index contributed by atoms with van der Waals surface area (Å²) in [5.74, 6) is 1.04. The van der Waals surface area contributed by atoms with Gasteiger partial charge in [-0.05, 0) is 24.8 Å². The van der Waals surface area contributed by atoms with Gasteiger partial charge in [0.15, 0.2) is 0 Å². The van der Waals surface area contributed by atoms with E-state index in [0.717, 1.165) is 31.6 Å². The molecule has 0 saturated heterocycles. The van der Waals surface area contributed by atoms with Crippen LogP contribution in [0.25, 0.3) is 0 Å². The van der Waals surface area contributed by atoms with Gasteiger partial charge in [-0.3, -0.25) is 0 Å². The second kappa shape index (κ2) is 4.01. The molecule has 2 heteroatoms. The first kappa shape index (κ1) is 9.53. The Morgan fingerprint density at radius 2 is 2.36 bits per heavy atom. The highest BCUT2D eigenvalue weighted by molar-refractivity contribution is 5.43.